The Balaban J connectivity index is 1.87. The SMILES string of the molecule is O=C1NC(=S)NC1=Cc1ccc(-c2ccc(F)cc2)s1. The van der Waals surface area contributed by atoms with Crippen LogP contribution in [-0.2, 0) is 4.79 Å². The second-order valence-corrected chi connectivity index (χ2v) is 5.70. The van der Waals surface area contributed by atoms with Crippen LogP contribution in [0.4, 0.5) is 4.39 Å². The van der Waals surface area contributed by atoms with Crippen molar-refractivity contribution in [2.45, 2.75) is 0 Å². The summed E-state index contributed by atoms with van der Waals surface area (Å²) in [5.74, 6) is -0.486. The van der Waals surface area contributed by atoms with Crippen molar-refractivity contribution < 1.29 is 9.18 Å². The maximum Gasteiger partial charge on any atom is 0.273 e. The summed E-state index contributed by atoms with van der Waals surface area (Å²) in [6.45, 7) is 0. The number of thiophene rings is 1. The van der Waals surface area contributed by atoms with E-state index in [1.54, 1.807) is 18.2 Å². The molecule has 3 nitrogen and oxygen atoms in total. The van der Waals surface area contributed by atoms with Crippen molar-refractivity contribution >= 4 is 40.7 Å². The van der Waals surface area contributed by atoms with Gasteiger partial charge in [0.05, 0.1) is 0 Å². The molecule has 1 fully saturated rings. The van der Waals surface area contributed by atoms with Crippen molar-refractivity contribution in [3.63, 3.8) is 0 Å². The molecule has 1 saturated heterocycles. The van der Waals surface area contributed by atoms with Crippen LogP contribution >= 0.6 is 23.6 Å². The Labute approximate surface area is 124 Å². The first-order valence-electron chi connectivity index (χ1n) is 5.81. The van der Waals surface area contributed by atoms with Crippen LogP contribution in [0.5, 0.6) is 0 Å². The van der Waals surface area contributed by atoms with E-state index < -0.39 is 0 Å². The number of benzene rings is 1. The maximum atomic E-state index is 12.9. The van der Waals surface area contributed by atoms with Gasteiger partial charge in [0.2, 0.25) is 0 Å². The lowest BCUT2D eigenvalue weighted by Crippen LogP contribution is -2.21. The summed E-state index contributed by atoms with van der Waals surface area (Å²) in [6, 6.07) is 10.2. The Morgan fingerprint density at radius 3 is 2.50 bits per heavy atom. The van der Waals surface area contributed by atoms with Crippen LogP contribution in [-0.4, -0.2) is 11.0 Å². The summed E-state index contributed by atoms with van der Waals surface area (Å²) in [4.78, 5) is 13.5. The van der Waals surface area contributed by atoms with Crippen molar-refractivity contribution in [1.29, 1.82) is 0 Å². The molecule has 0 atom stereocenters. The number of halogens is 1. The van der Waals surface area contributed by atoms with Crippen LogP contribution < -0.4 is 10.6 Å². The van der Waals surface area contributed by atoms with E-state index in [4.69, 9.17) is 12.2 Å². The van der Waals surface area contributed by atoms with Crippen LogP contribution in [0.25, 0.3) is 16.5 Å². The lowest BCUT2D eigenvalue weighted by Gasteiger charge is -1.96. The number of nitrogens with one attached hydrogen (secondary N) is 2. The summed E-state index contributed by atoms with van der Waals surface area (Å²) < 4.78 is 12.9. The highest BCUT2D eigenvalue weighted by Crippen LogP contribution is 2.29. The predicted molar refractivity (Wildman–Crippen MR) is 81.6 cm³/mol. The maximum absolute atomic E-state index is 12.9. The molecule has 2 heterocycles. The summed E-state index contributed by atoms with van der Waals surface area (Å²) in [5, 5.41) is 5.62. The number of carbonyl (C=O) groups excluding carboxylic acids is 1. The first kappa shape index (κ1) is 13.0. The Hall–Kier alpha value is -2.05. The minimum absolute atomic E-state index is 0.230. The van der Waals surface area contributed by atoms with E-state index in [1.807, 2.05) is 12.1 Å². The Bertz CT molecular complexity index is 719. The molecule has 0 bridgehead atoms. The molecule has 3 rings (SSSR count). The highest BCUT2D eigenvalue weighted by Gasteiger charge is 2.20. The van der Waals surface area contributed by atoms with Crippen LogP contribution in [0.3, 0.4) is 0 Å². The third-order valence-electron chi connectivity index (χ3n) is 2.76. The zero-order valence-corrected chi connectivity index (χ0v) is 11.8. The molecule has 0 aliphatic carbocycles. The Morgan fingerprint density at radius 2 is 1.85 bits per heavy atom. The van der Waals surface area contributed by atoms with Gasteiger partial charge in [-0.25, -0.2) is 4.39 Å². The third-order valence-corrected chi connectivity index (χ3v) is 4.05. The molecule has 0 unspecified atom stereocenters. The third kappa shape index (κ3) is 2.61. The number of amides is 1. The van der Waals surface area contributed by atoms with Gasteiger partial charge in [-0.15, -0.1) is 11.3 Å². The molecular formula is C14H9FN2OS2. The van der Waals surface area contributed by atoms with Gasteiger partial charge in [0.25, 0.3) is 5.91 Å². The van der Waals surface area contributed by atoms with E-state index in [1.165, 1.54) is 23.5 Å². The summed E-state index contributed by atoms with van der Waals surface area (Å²) in [7, 11) is 0. The number of hydrogen-bond donors (Lipinski definition) is 2. The number of carbonyl (C=O) groups is 1. The second kappa shape index (κ2) is 5.15. The largest absolute Gasteiger partial charge is 0.328 e. The molecule has 20 heavy (non-hydrogen) atoms. The fourth-order valence-electron chi connectivity index (χ4n) is 1.82. The van der Waals surface area contributed by atoms with Gasteiger partial charge in [0.1, 0.15) is 11.5 Å². The first-order valence-corrected chi connectivity index (χ1v) is 7.04. The van der Waals surface area contributed by atoms with E-state index in [0.29, 0.717) is 10.8 Å². The molecule has 100 valence electrons. The lowest BCUT2D eigenvalue weighted by atomic mass is 10.2. The monoisotopic (exact) mass is 304 g/mol. The van der Waals surface area contributed by atoms with Crippen molar-refractivity contribution in [3.05, 3.63) is 52.8 Å². The number of hydrogen-bond acceptors (Lipinski definition) is 3. The van der Waals surface area contributed by atoms with Crippen molar-refractivity contribution in [2.75, 3.05) is 0 Å². The molecule has 0 spiro atoms. The van der Waals surface area contributed by atoms with Crippen LogP contribution in [0, 0.1) is 5.82 Å². The molecule has 2 N–H and O–H groups in total. The molecule has 1 aromatic heterocycles. The Kier molecular flexibility index (Phi) is 3.33. The van der Waals surface area contributed by atoms with Gasteiger partial charge in [-0.2, -0.15) is 0 Å². The number of thiocarbonyl (C=S) groups is 1. The molecule has 1 amide bonds. The van der Waals surface area contributed by atoms with Crippen LogP contribution in [0.1, 0.15) is 4.88 Å². The van der Waals surface area contributed by atoms with Crippen molar-refractivity contribution in [2.24, 2.45) is 0 Å². The predicted octanol–water partition coefficient (Wildman–Crippen LogP) is 2.90. The van der Waals surface area contributed by atoms with Gasteiger partial charge in [0.15, 0.2) is 5.11 Å². The summed E-state index contributed by atoms with van der Waals surface area (Å²) >= 11 is 6.39. The molecule has 0 radical (unpaired) electrons. The van der Waals surface area contributed by atoms with E-state index in [9.17, 15) is 9.18 Å². The molecule has 2 aromatic rings. The quantitative estimate of drug-likeness (QED) is 0.662. The minimum Gasteiger partial charge on any atom is -0.328 e. The number of rotatable bonds is 2. The van der Waals surface area contributed by atoms with E-state index in [0.717, 1.165) is 15.3 Å². The van der Waals surface area contributed by atoms with Gasteiger partial charge in [-0.3, -0.25) is 10.1 Å². The van der Waals surface area contributed by atoms with Gasteiger partial charge >= 0.3 is 0 Å². The molecule has 0 saturated carbocycles. The zero-order chi connectivity index (χ0) is 14.1. The highest BCUT2D eigenvalue weighted by atomic mass is 32.1. The molecule has 1 aliphatic heterocycles. The molecule has 6 heteroatoms. The van der Waals surface area contributed by atoms with Crippen molar-refractivity contribution in [1.82, 2.24) is 10.6 Å². The highest BCUT2D eigenvalue weighted by molar-refractivity contribution is 7.80. The van der Waals surface area contributed by atoms with Crippen LogP contribution in [0.2, 0.25) is 0 Å². The second-order valence-electron chi connectivity index (χ2n) is 4.18. The fraction of sp³-hybridized carbons (Fsp3) is 0. The van der Waals surface area contributed by atoms with E-state index in [2.05, 4.69) is 10.6 Å². The molecule has 1 aliphatic rings. The zero-order valence-electron chi connectivity index (χ0n) is 10.1. The molecule has 1 aromatic carbocycles. The van der Waals surface area contributed by atoms with E-state index >= 15 is 0 Å². The lowest BCUT2D eigenvalue weighted by molar-refractivity contribution is -0.115. The van der Waals surface area contributed by atoms with Crippen molar-refractivity contribution in [3.8, 4) is 10.4 Å². The summed E-state index contributed by atoms with van der Waals surface area (Å²) in [5.41, 5.74) is 1.38. The average molecular weight is 304 g/mol. The van der Waals surface area contributed by atoms with E-state index in [-0.39, 0.29) is 11.7 Å². The summed E-state index contributed by atoms with van der Waals surface area (Å²) in [6.07, 6.45) is 1.74. The normalized spacial score (nSPS) is 16.4. The first-order chi connectivity index (χ1) is 9.61. The smallest absolute Gasteiger partial charge is 0.273 e. The van der Waals surface area contributed by atoms with Gasteiger partial charge < -0.3 is 5.32 Å². The van der Waals surface area contributed by atoms with Crippen LogP contribution in [0.15, 0.2) is 42.1 Å². The van der Waals surface area contributed by atoms with Gasteiger partial charge in [-0.1, -0.05) is 12.1 Å². The Morgan fingerprint density at radius 1 is 1.10 bits per heavy atom. The average Bonchev–Trinajstić information content (AvgIpc) is 2.98. The van der Waals surface area contributed by atoms with Gasteiger partial charge in [-0.05, 0) is 48.1 Å². The fourth-order valence-corrected chi connectivity index (χ4v) is 2.98. The molecular weight excluding hydrogens is 295 g/mol. The minimum atomic E-state index is -0.256. The standard InChI is InChI=1S/C14H9FN2OS2/c15-9-3-1-8(2-4-9)12-6-5-10(20-12)7-11-13(18)17-14(19)16-11/h1-7H,(H2,16,17,18,19). The topological polar surface area (TPSA) is 41.1 Å². The van der Waals surface area contributed by atoms with Gasteiger partial charge in [0, 0.05) is 9.75 Å².